The van der Waals surface area contributed by atoms with Crippen molar-refractivity contribution >= 4 is 0 Å². The lowest BCUT2D eigenvalue weighted by atomic mass is 10.2. The lowest BCUT2D eigenvalue weighted by Crippen LogP contribution is -1.93. The van der Waals surface area contributed by atoms with Crippen LogP contribution >= 0.6 is 0 Å². The molecule has 0 unspecified atom stereocenters. The monoisotopic (exact) mass is 258 g/mol. The van der Waals surface area contributed by atoms with Gasteiger partial charge in [0.2, 0.25) is 0 Å². The maximum atomic E-state index is 8.06. The first-order chi connectivity index (χ1) is 9.18. The van der Waals surface area contributed by atoms with Gasteiger partial charge >= 0.3 is 0 Å². The summed E-state index contributed by atoms with van der Waals surface area (Å²) in [7, 11) is 0. The van der Waals surface area contributed by atoms with E-state index in [0.717, 1.165) is 0 Å². The van der Waals surface area contributed by atoms with Gasteiger partial charge in [-0.3, -0.25) is 0 Å². The first kappa shape index (κ1) is 15.4. The summed E-state index contributed by atoms with van der Waals surface area (Å²) in [4.78, 5) is 0. The van der Waals surface area contributed by atoms with Crippen LogP contribution in [0.2, 0.25) is 0 Å². The lowest BCUT2D eigenvalue weighted by molar-refractivity contribution is 0.107. The van der Waals surface area contributed by atoms with E-state index in [2.05, 4.69) is 24.3 Å². The fraction of sp³-hybridized carbons (Fsp3) is 0.294. The number of rotatable bonds is 4. The molecule has 0 aliphatic carbocycles. The number of aliphatic hydroxyl groups is 1. The average molecular weight is 258 g/mol. The minimum absolute atomic E-state index is 0.167. The number of aliphatic hydroxyl groups excluding tert-OH is 1. The van der Waals surface area contributed by atoms with Gasteiger partial charge in [-0.25, -0.2) is 0 Å². The first-order valence-electron chi connectivity index (χ1n) is 6.52. The Morgan fingerprint density at radius 2 is 1.11 bits per heavy atom. The van der Waals surface area contributed by atoms with Gasteiger partial charge in [-0.1, -0.05) is 60.7 Å². The molecule has 0 aromatic heterocycles. The zero-order valence-corrected chi connectivity index (χ0v) is 11.6. The molecule has 2 nitrogen and oxygen atoms in total. The van der Waals surface area contributed by atoms with Crippen molar-refractivity contribution < 1.29 is 9.84 Å². The van der Waals surface area contributed by atoms with Crippen molar-refractivity contribution in [2.75, 3.05) is 0 Å². The Labute approximate surface area is 115 Å². The Morgan fingerprint density at radius 3 is 1.42 bits per heavy atom. The summed E-state index contributed by atoms with van der Waals surface area (Å²) < 4.78 is 5.61. The zero-order chi connectivity index (χ0) is 13.9. The van der Waals surface area contributed by atoms with Gasteiger partial charge in [-0.15, -0.1) is 0 Å². The van der Waals surface area contributed by atoms with Crippen molar-refractivity contribution in [3.8, 4) is 0 Å². The number of ether oxygens (including phenoxy) is 1. The second-order valence-electron chi connectivity index (χ2n) is 4.56. The Morgan fingerprint density at radius 1 is 0.789 bits per heavy atom. The predicted molar refractivity (Wildman–Crippen MR) is 78.7 cm³/mol. The second kappa shape index (κ2) is 9.31. The van der Waals surface area contributed by atoms with E-state index < -0.39 is 0 Å². The standard InChI is InChI=1S/C14H14O.C3H8O/c1-3-7-13(8-4-1)11-15-12-14-9-5-2-6-10-14;1-3(2)4/h1-10H,11-12H2;3-4H,1-2H3. The van der Waals surface area contributed by atoms with E-state index in [1.807, 2.05) is 36.4 Å². The zero-order valence-electron chi connectivity index (χ0n) is 11.6. The Bertz CT molecular complexity index is 381. The summed E-state index contributed by atoms with van der Waals surface area (Å²) in [6.45, 7) is 4.80. The molecular formula is C17H22O2. The smallest absolute Gasteiger partial charge is 0.0721 e. The van der Waals surface area contributed by atoms with Crippen LogP contribution in [0.1, 0.15) is 25.0 Å². The molecule has 102 valence electrons. The van der Waals surface area contributed by atoms with Crippen LogP contribution in [-0.4, -0.2) is 11.2 Å². The quantitative estimate of drug-likeness (QED) is 0.904. The molecule has 0 saturated carbocycles. The molecule has 0 spiro atoms. The van der Waals surface area contributed by atoms with Gasteiger partial charge in [-0.2, -0.15) is 0 Å². The summed E-state index contributed by atoms with van der Waals surface area (Å²) >= 11 is 0. The molecule has 0 atom stereocenters. The molecule has 0 saturated heterocycles. The van der Waals surface area contributed by atoms with E-state index >= 15 is 0 Å². The molecule has 2 aromatic rings. The number of hydrogen-bond acceptors (Lipinski definition) is 2. The van der Waals surface area contributed by atoms with Crippen LogP contribution in [0.25, 0.3) is 0 Å². The summed E-state index contributed by atoms with van der Waals surface area (Å²) in [5, 5.41) is 8.06. The summed E-state index contributed by atoms with van der Waals surface area (Å²) in [5.74, 6) is 0. The molecule has 19 heavy (non-hydrogen) atoms. The van der Waals surface area contributed by atoms with Crippen LogP contribution in [0, 0.1) is 0 Å². The largest absolute Gasteiger partial charge is 0.394 e. The van der Waals surface area contributed by atoms with Crippen molar-refractivity contribution in [2.24, 2.45) is 0 Å². The van der Waals surface area contributed by atoms with Crippen molar-refractivity contribution in [3.63, 3.8) is 0 Å². The highest BCUT2D eigenvalue weighted by Crippen LogP contribution is 2.05. The fourth-order valence-corrected chi connectivity index (χ4v) is 1.44. The summed E-state index contributed by atoms with van der Waals surface area (Å²) in [6.07, 6.45) is -0.167. The molecule has 1 N–H and O–H groups in total. The minimum Gasteiger partial charge on any atom is -0.394 e. The van der Waals surface area contributed by atoms with E-state index in [-0.39, 0.29) is 6.10 Å². The van der Waals surface area contributed by atoms with Gasteiger partial charge in [-0.05, 0) is 25.0 Å². The summed E-state index contributed by atoms with van der Waals surface area (Å²) in [5.41, 5.74) is 2.43. The van der Waals surface area contributed by atoms with E-state index in [9.17, 15) is 0 Å². The van der Waals surface area contributed by atoms with Gasteiger partial charge in [0.15, 0.2) is 0 Å². The molecule has 2 heteroatoms. The van der Waals surface area contributed by atoms with E-state index in [4.69, 9.17) is 9.84 Å². The maximum Gasteiger partial charge on any atom is 0.0721 e. The fourth-order valence-electron chi connectivity index (χ4n) is 1.44. The lowest BCUT2D eigenvalue weighted by Gasteiger charge is -2.03. The topological polar surface area (TPSA) is 29.5 Å². The molecule has 0 aliphatic heterocycles. The predicted octanol–water partition coefficient (Wildman–Crippen LogP) is 3.79. The van der Waals surface area contributed by atoms with Crippen molar-refractivity contribution in [3.05, 3.63) is 71.8 Å². The average Bonchev–Trinajstić information content (AvgIpc) is 2.41. The van der Waals surface area contributed by atoms with Crippen LogP contribution < -0.4 is 0 Å². The highest BCUT2D eigenvalue weighted by molar-refractivity contribution is 5.15. The molecule has 0 radical (unpaired) electrons. The van der Waals surface area contributed by atoms with Crippen LogP contribution in [0.5, 0.6) is 0 Å². The van der Waals surface area contributed by atoms with Gasteiger partial charge in [0.25, 0.3) is 0 Å². The van der Waals surface area contributed by atoms with E-state index in [0.29, 0.717) is 13.2 Å². The van der Waals surface area contributed by atoms with Crippen LogP contribution in [0.4, 0.5) is 0 Å². The molecular weight excluding hydrogens is 236 g/mol. The van der Waals surface area contributed by atoms with Crippen molar-refractivity contribution in [2.45, 2.75) is 33.2 Å². The van der Waals surface area contributed by atoms with Gasteiger partial charge in [0, 0.05) is 6.10 Å². The Kier molecular flexibility index (Phi) is 7.56. The van der Waals surface area contributed by atoms with Crippen LogP contribution in [0.15, 0.2) is 60.7 Å². The van der Waals surface area contributed by atoms with Gasteiger partial charge in [0.1, 0.15) is 0 Å². The van der Waals surface area contributed by atoms with Crippen molar-refractivity contribution in [1.29, 1.82) is 0 Å². The minimum atomic E-state index is -0.167. The molecule has 2 aromatic carbocycles. The highest BCUT2D eigenvalue weighted by atomic mass is 16.5. The Balaban J connectivity index is 0.000000399. The van der Waals surface area contributed by atoms with E-state index in [1.54, 1.807) is 13.8 Å². The molecule has 0 amide bonds. The second-order valence-corrected chi connectivity index (χ2v) is 4.56. The van der Waals surface area contributed by atoms with Gasteiger partial charge in [0.05, 0.1) is 13.2 Å². The van der Waals surface area contributed by atoms with Crippen molar-refractivity contribution in [1.82, 2.24) is 0 Å². The maximum absolute atomic E-state index is 8.06. The third-order valence-corrected chi connectivity index (χ3v) is 2.22. The third kappa shape index (κ3) is 8.14. The molecule has 0 aliphatic rings. The van der Waals surface area contributed by atoms with E-state index in [1.165, 1.54) is 11.1 Å². The molecule has 0 bridgehead atoms. The number of benzene rings is 2. The van der Waals surface area contributed by atoms with Crippen LogP contribution in [-0.2, 0) is 18.0 Å². The van der Waals surface area contributed by atoms with Crippen LogP contribution in [0.3, 0.4) is 0 Å². The molecule has 2 rings (SSSR count). The highest BCUT2D eigenvalue weighted by Gasteiger charge is 1.93. The summed E-state index contributed by atoms with van der Waals surface area (Å²) in [6, 6.07) is 20.4. The van der Waals surface area contributed by atoms with Gasteiger partial charge < -0.3 is 9.84 Å². The molecule has 0 fully saturated rings. The first-order valence-corrected chi connectivity index (χ1v) is 6.52. The third-order valence-electron chi connectivity index (χ3n) is 2.22. The Hall–Kier alpha value is -1.64. The number of hydrogen-bond donors (Lipinski definition) is 1. The SMILES string of the molecule is CC(C)O.c1ccc(COCc2ccccc2)cc1. The molecule has 0 heterocycles. The normalized spacial score (nSPS) is 9.89.